The molecule has 2 N–H and O–H groups in total. The molecule has 0 amide bonds. The Morgan fingerprint density at radius 3 is 2.35 bits per heavy atom. The van der Waals surface area contributed by atoms with E-state index in [0.29, 0.717) is 17.1 Å². The van der Waals surface area contributed by atoms with Crippen molar-refractivity contribution >= 4 is 0 Å². The van der Waals surface area contributed by atoms with Crippen LogP contribution >= 0.6 is 0 Å². The minimum Gasteiger partial charge on any atom is -0.495 e. The number of hydrogen-bond donors (Lipinski definition) is 1. The zero-order valence-corrected chi connectivity index (χ0v) is 12.8. The number of nitrogens with zero attached hydrogens (tertiary/aromatic N) is 1. The number of methoxy groups -OCH3 is 1. The lowest BCUT2D eigenvalue weighted by atomic mass is 9.48. The summed E-state index contributed by atoms with van der Waals surface area (Å²) in [5.41, 5.74) is 6.08. The minimum absolute atomic E-state index is 0.138. The van der Waals surface area contributed by atoms with Crippen LogP contribution in [0.3, 0.4) is 0 Å². The van der Waals surface area contributed by atoms with Crippen molar-refractivity contribution < 1.29 is 9.47 Å². The van der Waals surface area contributed by atoms with Gasteiger partial charge < -0.3 is 15.2 Å². The molecule has 1 aliphatic rings. The van der Waals surface area contributed by atoms with Crippen LogP contribution in [-0.4, -0.2) is 18.2 Å². The Hall–Kier alpha value is -1.73. The third-order valence-electron chi connectivity index (χ3n) is 5.09. The lowest BCUT2D eigenvalue weighted by Gasteiger charge is -2.64. The summed E-state index contributed by atoms with van der Waals surface area (Å²) in [6.07, 6.45) is 0.787. The van der Waals surface area contributed by atoms with E-state index < -0.39 is 0 Å². The molecule has 2 rings (SSSR count). The number of benzene rings is 1. The van der Waals surface area contributed by atoms with Gasteiger partial charge in [-0.3, -0.25) is 0 Å². The van der Waals surface area contributed by atoms with Crippen molar-refractivity contribution in [1.82, 2.24) is 0 Å². The molecule has 0 aliphatic heterocycles. The Morgan fingerprint density at radius 1 is 1.25 bits per heavy atom. The van der Waals surface area contributed by atoms with Crippen LogP contribution in [0.5, 0.6) is 11.5 Å². The van der Waals surface area contributed by atoms with Crippen molar-refractivity contribution in [2.45, 2.75) is 45.3 Å². The number of rotatable bonds is 3. The SMILES string of the molecule is COc1cc(O[C@]2(C)C[C@@](C)(N)C2(C)C)ccc1C#N. The van der Waals surface area contributed by atoms with E-state index in [1.54, 1.807) is 25.3 Å². The topological polar surface area (TPSA) is 68.3 Å². The molecule has 0 aromatic heterocycles. The average Bonchev–Trinajstić information content (AvgIpc) is 2.37. The van der Waals surface area contributed by atoms with Crippen molar-refractivity contribution in [2.75, 3.05) is 7.11 Å². The van der Waals surface area contributed by atoms with Gasteiger partial charge in [-0.1, -0.05) is 13.8 Å². The largest absolute Gasteiger partial charge is 0.495 e. The van der Waals surface area contributed by atoms with E-state index in [1.165, 1.54) is 0 Å². The number of nitrogens with two attached hydrogens (primary N) is 1. The Morgan fingerprint density at radius 2 is 1.90 bits per heavy atom. The smallest absolute Gasteiger partial charge is 0.140 e. The van der Waals surface area contributed by atoms with Gasteiger partial charge in [-0.05, 0) is 26.0 Å². The summed E-state index contributed by atoms with van der Waals surface area (Å²) in [6, 6.07) is 7.36. The summed E-state index contributed by atoms with van der Waals surface area (Å²) < 4.78 is 11.4. The summed E-state index contributed by atoms with van der Waals surface area (Å²) in [7, 11) is 1.55. The molecule has 1 fully saturated rings. The minimum atomic E-state index is -0.324. The molecule has 20 heavy (non-hydrogen) atoms. The van der Waals surface area contributed by atoms with Gasteiger partial charge in [0.15, 0.2) is 0 Å². The highest BCUT2D eigenvalue weighted by atomic mass is 16.5. The van der Waals surface area contributed by atoms with Crippen molar-refractivity contribution in [3.63, 3.8) is 0 Å². The normalized spacial score (nSPS) is 31.1. The summed E-state index contributed by atoms with van der Waals surface area (Å²) in [5, 5.41) is 8.99. The first-order chi connectivity index (χ1) is 9.17. The lowest BCUT2D eigenvalue weighted by Crippen LogP contribution is -2.75. The lowest BCUT2D eigenvalue weighted by molar-refractivity contribution is -0.171. The third-order valence-corrected chi connectivity index (χ3v) is 5.09. The summed E-state index contributed by atoms with van der Waals surface area (Å²) in [4.78, 5) is 0. The Balaban J connectivity index is 2.26. The molecular formula is C16H22N2O2. The van der Waals surface area contributed by atoms with Crippen molar-refractivity contribution in [3.05, 3.63) is 23.8 Å². The second-order valence-electron chi connectivity index (χ2n) is 6.53. The van der Waals surface area contributed by atoms with E-state index in [-0.39, 0.29) is 16.6 Å². The monoisotopic (exact) mass is 274 g/mol. The fourth-order valence-corrected chi connectivity index (χ4v) is 2.89. The molecule has 0 saturated heterocycles. The first kappa shape index (κ1) is 14.7. The van der Waals surface area contributed by atoms with Crippen LogP contribution in [-0.2, 0) is 0 Å². The standard InChI is InChI=1S/C16H22N2O2/c1-14(2)15(3,18)10-16(14,4)20-12-7-6-11(9-17)13(8-12)19-5/h6-8H,10,18H2,1-5H3/t15-,16-/m1/s1. The predicted molar refractivity (Wildman–Crippen MR) is 77.7 cm³/mol. The van der Waals surface area contributed by atoms with Gasteiger partial charge in [-0.25, -0.2) is 0 Å². The van der Waals surface area contributed by atoms with Crippen LogP contribution in [0.1, 0.15) is 39.7 Å². The molecule has 1 aromatic carbocycles. The highest BCUT2D eigenvalue weighted by molar-refractivity contribution is 5.47. The average molecular weight is 274 g/mol. The molecule has 108 valence electrons. The molecule has 0 unspecified atom stereocenters. The number of hydrogen-bond acceptors (Lipinski definition) is 4. The maximum absolute atomic E-state index is 8.99. The van der Waals surface area contributed by atoms with Gasteiger partial charge in [0.25, 0.3) is 0 Å². The maximum atomic E-state index is 8.99. The second-order valence-corrected chi connectivity index (χ2v) is 6.53. The quantitative estimate of drug-likeness (QED) is 0.920. The Bertz CT molecular complexity index is 572. The van der Waals surface area contributed by atoms with E-state index in [9.17, 15) is 0 Å². The Labute approximate surface area is 120 Å². The molecule has 4 nitrogen and oxygen atoms in total. The van der Waals surface area contributed by atoms with Gasteiger partial charge in [0.05, 0.1) is 12.7 Å². The highest BCUT2D eigenvalue weighted by Crippen LogP contribution is 2.57. The fraction of sp³-hybridized carbons (Fsp3) is 0.562. The van der Waals surface area contributed by atoms with Crippen LogP contribution in [0.15, 0.2) is 18.2 Å². The van der Waals surface area contributed by atoms with Crippen molar-refractivity contribution in [3.8, 4) is 17.6 Å². The predicted octanol–water partition coefficient (Wildman–Crippen LogP) is 2.85. The van der Waals surface area contributed by atoms with Gasteiger partial charge in [-0.15, -0.1) is 0 Å². The number of nitriles is 1. The van der Waals surface area contributed by atoms with Crippen LogP contribution in [0.4, 0.5) is 0 Å². The second kappa shape index (κ2) is 4.39. The molecule has 0 radical (unpaired) electrons. The molecule has 1 aliphatic carbocycles. The summed E-state index contributed by atoms with van der Waals surface area (Å²) in [5.74, 6) is 1.23. The summed E-state index contributed by atoms with van der Waals surface area (Å²) >= 11 is 0. The molecule has 0 spiro atoms. The zero-order valence-electron chi connectivity index (χ0n) is 12.8. The maximum Gasteiger partial charge on any atom is 0.140 e. The third kappa shape index (κ3) is 1.94. The van der Waals surface area contributed by atoms with Crippen molar-refractivity contribution in [2.24, 2.45) is 11.1 Å². The van der Waals surface area contributed by atoms with E-state index in [4.69, 9.17) is 20.5 Å². The van der Waals surface area contributed by atoms with Crippen molar-refractivity contribution in [1.29, 1.82) is 5.26 Å². The first-order valence-electron chi connectivity index (χ1n) is 6.73. The van der Waals surface area contributed by atoms with Gasteiger partial charge in [0, 0.05) is 23.4 Å². The van der Waals surface area contributed by atoms with Gasteiger partial charge in [-0.2, -0.15) is 5.26 Å². The van der Waals surface area contributed by atoms with Gasteiger partial charge in [0.2, 0.25) is 0 Å². The van der Waals surface area contributed by atoms with E-state index in [1.807, 2.05) is 0 Å². The van der Waals surface area contributed by atoms with Crippen LogP contribution in [0, 0.1) is 16.7 Å². The van der Waals surface area contributed by atoms with Gasteiger partial charge >= 0.3 is 0 Å². The molecule has 0 bridgehead atoms. The highest BCUT2D eigenvalue weighted by Gasteiger charge is 2.64. The summed E-state index contributed by atoms with van der Waals surface area (Å²) in [6.45, 7) is 8.37. The molecular weight excluding hydrogens is 252 g/mol. The van der Waals surface area contributed by atoms with E-state index >= 15 is 0 Å². The zero-order chi connectivity index (χ0) is 15.2. The van der Waals surface area contributed by atoms with Gasteiger partial charge in [0.1, 0.15) is 23.2 Å². The van der Waals surface area contributed by atoms with E-state index in [0.717, 1.165) is 6.42 Å². The molecule has 1 aromatic rings. The van der Waals surface area contributed by atoms with E-state index in [2.05, 4.69) is 33.8 Å². The van der Waals surface area contributed by atoms with Crippen LogP contribution in [0.25, 0.3) is 0 Å². The van der Waals surface area contributed by atoms with Crippen LogP contribution in [0.2, 0.25) is 0 Å². The molecule has 4 heteroatoms. The molecule has 0 heterocycles. The first-order valence-corrected chi connectivity index (χ1v) is 6.73. The van der Waals surface area contributed by atoms with Crippen LogP contribution < -0.4 is 15.2 Å². The molecule has 1 saturated carbocycles. The molecule has 2 atom stereocenters. The number of ether oxygens (including phenoxy) is 2. The Kier molecular flexibility index (Phi) is 3.22. The fourth-order valence-electron chi connectivity index (χ4n) is 2.89.